The smallest absolute Gasteiger partial charge is 0.305 e. The van der Waals surface area contributed by atoms with Gasteiger partial charge in [0.25, 0.3) is 0 Å². The summed E-state index contributed by atoms with van der Waals surface area (Å²) in [5.41, 5.74) is 0. The van der Waals surface area contributed by atoms with Crippen LogP contribution in [0.5, 0.6) is 0 Å². The molecule has 0 bridgehead atoms. The number of hydrogen-bond donors (Lipinski definition) is 0. The summed E-state index contributed by atoms with van der Waals surface area (Å²) in [6, 6.07) is 0. The first-order valence-corrected chi connectivity index (χ1v) is 16.5. The van der Waals surface area contributed by atoms with Crippen LogP contribution in [0.3, 0.4) is 0 Å². The predicted octanol–water partition coefficient (Wildman–Crippen LogP) is 10.1. The number of rotatable bonds is 25. The molecule has 1 atom stereocenters. The first-order chi connectivity index (χ1) is 20.6. The molecule has 0 aliphatic carbocycles. The monoisotopic (exact) mass is 578 g/mol. The molecule has 0 rings (SSSR count). The first kappa shape index (κ1) is 39.0. The number of hydrogen-bond acceptors (Lipinski definition) is 4. The summed E-state index contributed by atoms with van der Waals surface area (Å²) in [6.45, 7) is 6.12. The van der Waals surface area contributed by atoms with Crippen molar-refractivity contribution in [3.05, 3.63) is 48.6 Å². The van der Waals surface area contributed by atoms with Crippen LogP contribution in [0, 0.1) is 23.7 Å². The summed E-state index contributed by atoms with van der Waals surface area (Å²) >= 11 is 0. The lowest BCUT2D eigenvalue weighted by atomic mass is 10.1. The van der Waals surface area contributed by atoms with Crippen molar-refractivity contribution in [2.24, 2.45) is 0 Å². The Morgan fingerprint density at radius 1 is 0.714 bits per heavy atom. The number of carbonyl (C=O) groups is 2. The van der Waals surface area contributed by atoms with E-state index in [1.54, 1.807) is 12.2 Å². The van der Waals surface area contributed by atoms with E-state index in [-0.39, 0.29) is 18.0 Å². The van der Waals surface area contributed by atoms with Gasteiger partial charge in [0.2, 0.25) is 0 Å². The van der Waals surface area contributed by atoms with Crippen molar-refractivity contribution in [3.63, 3.8) is 0 Å². The predicted molar refractivity (Wildman–Crippen MR) is 178 cm³/mol. The summed E-state index contributed by atoms with van der Waals surface area (Å²) in [6.07, 6.45) is 36.7. The Labute approximate surface area is 258 Å². The molecule has 0 aromatic rings. The molecule has 0 heterocycles. The second-order valence-electron chi connectivity index (χ2n) is 10.7. The molecule has 4 nitrogen and oxygen atoms in total. The Bertz CT molecular complexity index is 901. The van der Waals surface area contributed by atoms with Gasteiger partial charge in [-0.15, -0.1) is 0 Å². The zero-order valence-corrected chi connectivity index (χ0v) is 27.0. The highest BCUT2D eigenvalue weighted by molar-refractivity contribution is 5.69. The fourth-order valence-electron chi connectivity index (χ4n) is 4.30. The average molecular weight is 579 g/mol. The summed E-state index contributed by atoms with van der Waals surface area (Å²) < 4.78 is 10.8. The highest BCUT2D eigenvalue weighted by Crippen LogP contribution is 2.13. The van der Waals surface area contributed by atoms with E-state index < -0.39 is 0 Å². The fourth-order valence-corrected chi connectivity index (χ4v) is 4.30. The van der Waals surface area contributed by atoms with Crippen LogP contribution in [0.15, 0.2) is 48.6 Å². The summed E-state index contributed by atoms with van der Waals surface area (Å²) in [7, 11) is 0. The minimum Gasteiger partial charge on any atom is -0.466 e. The van der Waals surface area contributed by atoms with E-state index >= 15 is 0 Å². The van der Waals surface area contributed by atoms with Crippen molar-refractivity contribution in [1.82, 2.24) is 0 Å². The maximum atomic E-state index is 12.0. The van der Waals surface area contributed by atoms with Crippen molar-refractivity contribution < 1.29 is 19.1 Å². The van der Waals surface area contributed by atoms with Gasteiger partial charge in [-0.25, -0.2) is 0 Å². The third kappa shape index (κ3) is 31.5. The first-order valence-electron chi connectivity index (χ1n) is 16.5. The van der Waals surface area contributed by atoms with Gasteiger partial charge in [0.15, 0.2) is 0 Å². The van der Waals surface area contributed by atoms with E-state index in [2.05, 4.69) is 54.9 Å². The molecule has 234 valence electrons. The van der Waals surface area contributed by atoms with Crippen LogP contribution in [-0.4, -0.2) is 24.6 Å². The van der Waals surface area contributed by atoms with Crippen molar-refractivity contribution in [1.29, 1.82) is 0 Å². The molecular formula is C38H58O4. The van der Waals surface area contributed by atoms with Crippen LogP contribution in [0.1, 0.15) is 143 Å². The Morgan fingerprint density at radius 3 is 1.98 bits per heavy atom. The lowest BCUT2D eigenvalue weighted by Gasteiger charge is -2.12. The molecule has 0 saturated heterocycles. The van der Waals surface area contributed by atoms with E-state index in [1.165, 1.54) is 64.7 Å². The molecule has 0 aromatic carbocycles. The van der Waals surface area contributed by atoms with Gasteiger partial charge >= 0.3 is 11.9 Å². The molecule has 1 unspecified atom stereocenters. The lowest BCUT2D eigenvalue weighted by Crippen LogP contribution is -2.13. The molecule has 0 radical (unpaired) electrons. The number of ether oxygens (including phenoxy) is 2. The van der Waals surface area contributed by atoms with Gasteiger partial charge in [-0.1, -0.05) is 107 Å². The van der Waals surface area contributed by atoms with Crippen molar-refractivity contribution in [3.8, 4) is 23.7 Å². The minimum absolute atomic E-state index is 0.0748. The zero-order chi connectivity index (χ0) is 30.8. The highest BCUT2D eigenvalue weighted by atomic mass is 16.5. The summed E-state index contributed by atoms with van der Waals surface area (Å²) in [4.78, 5) is 23.3. The normalized spacial score (nSPS) is 12.0. The number of esters is 2. The maximum Gasteiger partial charge on any atom is 0.305 e. The second kappa shape index (κ2) is 32.5. The molecule has 0 aromatic heterocycles. The quantitative estimate of drug-likeness (QED) is 0.0468. The molecule has 0 saturated carbocycles. The van der Waals surface area contributed by atoms with Crippen molar-refractivity contribution in [2.45, 2.75) is 149 Å². The van der Waals surface area contributed by atoms with Gasteiger partial charge in [0.05, 0.1) is 6.61 Å². The molecule has 4 heteroatoms. The average Bonchev–Trinajstić information content (AvgIpc) is 2.97. The maximum absolute atomic E-state index is 12.0. The number of carbonyl (C=O) groups excluding carboxylic acids is 2. The van der Waals surface area contributed by atoms with Crippen LogP contribution >= 0.6 is 0 Å². The number of allylic oxidation sites excluding steroid dienone is 7. The Morgan fingerprint density at radius 2 is 1.31 bits per heavy atom. The molecular weight excluding hydrogens is 520 g/mol. The zero-order valence-electron chi connectivity index (χ0n) is 27.0. The largest absolute Gasteiger partial charge is 0.466 e. The van der Waals surface area contributed by atoms with Crippen LogP contribution in [0.25, 0.3) is 0 Å². The highest BCUT2D eigenvalue weighted by Gasteiger charge is 2.08. The van der Waals surface area contributed by atoms with Gasteiger partial charge in [-0.3, -0.25) is 9.59 Å². The second-order valence-corrected chi connectivity index (χ2v) is 10.7. The van der Waals surface area contributed by atoms with E-state index in [4.69, 9.17) is 9.47 Å². The van der Waals surface area contributed by atoms with Crippen LogP contribution < -0.4 is 0 Å². The minimum atomic E-state index is -0.292. The SMILES string of the molecule is CC=CC#CC#CC=CC(CCCCCCCC(=O)OCCCCCCCCC=CCC=CCCCCC)OC(C)=O. The third-order valence-electron chi connectivity index (χ3n) is 6.65. The topological polar surface area (TPSA) is 52.6 Å². The van der Waals surface area contributed by atoms with Gasteiger partial charge in [-0.05, 0) is 94.8 Å². The molecule has 0 fully saturated rings. The van der Waals surface area contributed by atoms with E-state index in [0.29, 0.717) is 13.0 Å². The lowest BCUT2D eigenvalue weighted by molar-refractivity contribution is -0.145. The van der Waals surface area contributed by atoms with Gasteiger partial charge < -0.3 is 9.47 Å². The molecule has 0 N–H and O–H groups in total. The van der Waals surface area contributed by atoms with Crippen LogP contribution in [0.2, 0.25) is 0 Å². The molecule has 42 heavy (non-hydrogen) atoms. The third-order valence-corrected chi connectivity index (χ3v) is 6.65. The van der Waals surface area contributed by atoms with Crippen molar-refractivity contribution in [2.75, 3.05) is 6.61 Å². The summed E-state index contributed by atoms with van der Waals surface area (Å²) in [5, 5.41) is 0. The van der Waals surface area contributed by atoms with Gasteiger partial charge in [-0.2, -0.15) is 0 Å². The fraction of sp³-hybridized carbons (Fsp3) is 0.632. The Kier molecular flexibility index (Phi) is 30.2. The van der Waals surface area contributed by atoms with E-state index in [0.717, 1.165) is 57.8 Å². The Hall–Kier alpha value is -2.98. The van der Waals surface area contributed by atoms with Crippen molar-refractivity contribution >= 4 is 11.9 Å². The summed E-state index contributed by atoms with van der Waals surface area (Å²) in [5.74, 6) is 10.7. The Balaban J connectivity index is 3.66. The number of unbranched alkanes of at least 4 members (excludes halogenated alkanes) is 13. The van der Waals surface area contributed by atoms with Crippen LogP contribution in [0.4, 0.5) is 0 Å². The van der Waals surface area contributed by atoms with Crippen LogP contribution in [-0.2, 0) is 19.1 Å². The van der Waals surface area contributed by atoms with Gasteiger partial charge in [0.1, 0.15) is 6.10 Å². The standard InChI is InChI=1S/C38H58O4/c1-4-6-8-10-12-13-14-15-16-17-18-19-20-22-27-31-35-41-38(40)34-30-26-23-25-29-33-37(42-36(3)39)32-28-24-21-11-9-7-5-2/h5,7,12-13,15-16,28,32,37H,4,6,8,10,14,17-20,22-23,25-27,29-31,33-35H2,1-3H3. The molecule has 0 spiro atoms. The van der Waals surface area contributed by atoms with Gasteiger partial charge in [0, 0.05) is 13.3 Å². The molecule has 0 aliphatic rings. The molecule has 0 amide bonds. The van der Waals surface area contributed by atoms with E-state index in [9.17, 15) is 9.59 Å². The molecule has 0 aliphatic heterocycles. The van der Waals surface area contributed by atoms with E-state index in [1.807, 2.05) is 19.1 Å².